The summed E-state index contributed by atoms with van der Waals surface area (Å²) >= 11 is 6.49. The molecule has 154 valence electrons. The van der Waals surface area contributed by atoms with Crippen molar-refractivity contribution in [2.45, 2.75) is 20.3 Å². The average molecular weight is 416 g/mol. The van der Waals surface area contributed by atoms with Gasteiger partial charge in [-0.3, -0.25) is 9.59 Å². The van der Waals surface area contributed by atoms with Crippen molar-refractivity contribution < 1.29 is 14.3 Å². The van der Waals surface area contributed by atoms with Crippen LogP contribution in [-0.2, 0) is 4.79 Å². The molecule has 6 nitrogen and oxygen atoms in total. The number of piperazine rings is 1. The Hall–Kier alpha value is -2.73. The van der Waals surface area contributed by atoms with Gasteiger partial charge >= 0.3 is 0 Å². The number of hydrogen-bond donors (Lipinski definition) is 1. The molecule has 0 unspecified atom stereocenters. The van der Waals surface area contributed by atoms with E-state index in [9.17, 15) is 9.59 Å². The van der Waals surface area contributed by atoms with Crippen LogP contribution in [0.3, 0.4) is 0 Å². The molecule has 29 heavy (non-hydrogen) atoms. The minimum Gasteiger partial charge on any atom is -0.494 e. The Morgan fingerprint density at radius 3 is 2.48 bits per heavy atom. The van der Waals surface area contributed by atoms with Gasteiger partial charge < -0.3 is 19.9 Å². The number of para-hydroxylation sites is 1. The van der Waals surface area contributed by atoms with Crippen LogP contribution in [0.1, 0.15) is 30.6 Å². The Bertz CT molecular complexity index is 879. The van der Waals surface area contributed by atoms with Gasteiger partial charge in [-0.25, -0.2) is 0 Å². The van der Waals surface area contributed by atoms with Gasteiger partial charge in [0.05, 0.1) is 23.0 Å². The maximum atomic E-state index is 12.8. The van der Waals surface area contributed by atoms with Crippen LogP contribution in [0.25, 0.3) is 0 Å². The maximum Gasteiger partial charge on any atom is 0.255 e. The lowest BCUT2D eigenvalue weighted by atomic mass is 10.1. The van der Waals surface area contributed by atoms with E-state index in [1.54, 1.807) is 18.2 Å². The molecule has 0 radical (unpaired) electrons. The van der Waals surface area contributed by atoms with Crippen molar-refractivity contribution >= 4 is 34.8 Å². The number of hydrogen-bond acceptors (Lipinski definition) is 4. The molecule has 1 N–H and O–H groups in total. The molecular weight excluding hydrogens is 390 g/mol. The van der Waals surface area contributed by atoms with Gasteiger partial charge in [0.25, 0.3) is 5.91 Å². The van der Waals surface area contributed by atoms with Crippen molar-refractivity contribution in [1.29, 1.82) is 0 Å². The first-order valence-corrected chi connectivity index (χ1v) is 10.3. The molecule has 0 bridgehead atoms. The lowest BCUT2D eigenvalue weighted by molar-refractivity contribution is -0.131. The molecule has 2 aromatic rings. The van der Waals surface area contributed by atoms with Crippen LogP contribution in [0.5, 0.6) is 5.75 Å². The zero-order valence-electron chi connectivity index (χ0n) is 16.8. The topological polar surface area (TPSA) is 61.9 Å². The van der Waals surface area contributed by atoms with E-state index in [-0.39, 0.29) is 11.8 Å². The number of amides is 2. The second-order valence-electron chi connectivity index (χ2n) is 6.77. The monoisotopic (exact) mass is 415 g/mol. The Balaban J connectivity index is 1.78. The smallest absolute Gasteiger partial charge is 0.255 e. The summed E-state index contributed by atoms with van der Waals surface area (Å²) in [6.07, 6.45) is 0.508. The van der Waals surface area contributed by atoms with Crippen molar-refractivity contribution in [3.05, 3.63) is 53.1 Å². The van der Waals surface area contributed by atoms with E-state index in [4.69, 9.17) is 16.3 Å². The van der Waals surface area contributed by atoms with Crippen molar-refractivity contribution in [2.75, 3.05) is 43.0 Å². The highest BCUT2D eigenvalue weighted by Crippen LogP contribution is 2.35. The molecule has 2 amide bonds. The second kappa shape index (κ2) is 9.65. The largest absolute Gasteiger partial charge is 0.494 e. The number of carbonyl (C=O) groups is 2. The number of carbonyl (C=O) groups excluding carboxylic acids is 2. The quantitative estimate of drug-likeness (QED) is 0.773. The molecule has 1 saturated heterocycles. The normalized spacial score (nSPS) is 13.9. The molecule has 3 rings (SSSR count). The minimum atomic E-state index is -0.227. The minimum absolute atomic E-state index is 0.159. The van der Waals surface area contributed by atoms with Crippen LogP contribution in [-0.4, -0.2) is 49.5 Å². The summed E-state index contributed by atoms with van der Waals surface area (Å²) in [5.74, 6) is 0.588. The molecule has 7 heteroatoms. The molecule has 0 spiro atoms. The standard InChI is InChI=1S/C22H26ClN3O3/c1-3-20(27)25-11-13-26(14-12-25)21-18(23)9-6-10-19(21)24-22(28)16-7-5-8-17(15-16)29-4-2/h5-10,15H,3-4,11-14H2,1-2H3,(H,24,28). The zero-order chi connectivity index (χ0) is 20.8. The van der Waals surface area contributed by atoms with Gasteiger partial charge in [0, 0.05) is 38.2 Å². The predicted molar refractivity (Wildman–Crippen MR) is 116 cm³/mol. The summed E-state index contributed by atoms with van der Waals surface area (Å²) < 4.78 is 5.48. The van der Waals surface area contributed by atoms with Crippen LogP contribution in [0.2, 0.25) is 5.02 Å². The highest BCUT2D eigenvalue weighted by molar-refractivity contribution is 6.34. The van der Waals surface area contributed by atoms with Gasteiger partial charge in [-0.15, -0.1) is 0 Å². The summed E-state index contributed by atoms with van der Waals surface area (Å²) in [7, 11) is 0. The molecule has 1 aliphatic rings. The first-order valence-electron chi connectivity index (χ1n) is 9.89. The fourth-order valence-electron chi connectivity index (χ4n) is 3.43. The Morgan fingerprint density at radius 1 is 1.07 bits per heavy atom. The predicted octanol–water partition coefficient (Wildman–Crippen LogP) is 4.05. The van der Waals surface area contributed by atoms with E-state index >= 15 is 0 Å². The first-order chi connectivity index (χ1) is 14.0. The van der Waals surface area contributed by atoms with Crippen LogP contribution in [0, 0.1) is 0 Å². The molecule has 0 aromatic heterocycles. The van der Waals surface area contributed by atoms with Crippen molar-refractivity contribution in [3.8, 4) is 5.75 Å². The molecule has 0 atom stereocenters. The van der Waals surface area contributed by atoms with E-state index in [1.807, 2.05) is 43.0 Å². The van der Waals surface area contributed by atoms with Crippen molar-refractivity contribution in [3.63, 3.8) is 0 Å². The number of ether oxygens (including phenoxy) is 1. The van der Waals surface area contributed by atoms with E-state index in [1.165, 1.54) is 0 Å². The number of nitrogens with one attached hydrogen (secondary N) is 1. The van der Waals surface area contributed by atoms with Crippen LogP contribution < -0.4 is 15.0 Å². The van der Waals surface area contributed by atoms with Gasteiger partial charge in [0.1, 0.15) is 5.75 Å². The third kappa shape index (κ3) is 5.01. The molecule has 2 aromatic carbocycles. The molecule has 0 aliphatic carbocycles. The van der Waals surface area contributed by atoms with Crippen molar-refractivity contribution in [2.24, 2.45) is 0 Å². The number of anilines is 2. The lowest BCUT2D eigenvalue weighted by Crippen LogP contribution is -2.48. The molecule has 0 saturated carbocycles. The van der Waals surface area contributed by atoms with E-state index in [0.29, 0.717) is 61.2 Å². The van der Waals surface area contributed by atoms with Gasteiger partial charge in [0.15, 0.2) is 0 Å². The third-order valence-corrected chi connectivity index (χ3v) is 5.20. The Morgan fingerprint density at radius 2 is 1.79 bits per heavy atom. The Kier molecular flexibility index (Phi) is 6.99. The highest BCUT2D eigenvalue weighted by atomic mass is 35.5. The van der Waals surface area contributed by atoms with Crippen LogP contribution in [0.4, 0.5) is 11.4 Å². The lowest BCUT2D eigenvalue weighted by Gasteiger charge is -2.37. The number of benzene rings is 2. The number of nitrogens with zero attached hydrogens (tertiary/aromatic N) is 2. The summed E-state index contributed by atoms with van der Waals surface area (Å²) in [6.45, 7) is 6.92. The van der Waals surface area contributed by atoms with E-state index in [0.717, 1.165) is 5.69 Å². The maximum absolute atomic E-state index is 12.8. The fourth-order valence-corrected chi connectivity index (χ4v) is 3.72. The van der Waals surface area contributed by atoms with E-state index < -0.39 is 0 Å². The fraction of sp³-hybridized carbons (Fsp3) is 0.364. The zero-order valence-corrected chi connectivity index (χ0v) is 17.5. The average Bonchev–Trinajstić information content (AvgIpc) is 2.74. The molecule has 1 fully saturated rings. The molecular formula is C22H26ClN3O3. The number of rotatable bonds is 6. The number of halogens is 1. The Labute approximate surface area is 176 Å². The second-order valence-corrected chi connectivity index (χ2v) is 7.18. The summed E-state index contributed by atoms with van der Waals surface area (Å²) in [5.41, 5.74) is 1.95. The summed E-state index contributed by atoms with van der Waals surface area (Å²) in [5, 5.41) is 3.55. The molecule has 1 heterocycles. The van der Waals surface area contributed by atoms with Crippen LogP contribution >= 0.6 is 11.6 Å². The van der Waals surface area contributed by atoms with Gasteiger partial charge in [-0.2, -0.15) is 0 Å². The SMILES string of the molecule is CCOc1cccc(C(=O)Nc2cccc(Cl)c2N2CCN(C(=O)CC)CC2)c1. The summed E-state index contributed by atoms with van der Waals surface area (Å²) in [6, 6.07) is 12.6. The highest BCUT2D eigenvalue weighted by Gasteiger charge is 2.24. The third-order valence-electron chi connectivity index (χ3n) is 4.89. The van der Waals surface area contributed by atoms with Crippen molar-refractivity contribution in [1.82, 2.24) is 4.90 Å². The summed E-state index contributed by atoms with van der Waals surface area (Å²) in [4.78, 5) is 28.7. The van der Waals surface area contributed by atoms with Gasteiger partial charge in [-0.05, 0) is 37.3 Å². The van der Waals surface area contributed by atoms with Gasteiger partial charge in [-0.1, -0.05) is 30.7 Å². The molecule has 1 aliphatic heterocycles. The van der Waals surface area contributed by atoms with E-state index in [2.05, 4.69) is 10.2 Å². The van der Waals surface area contributed by atoms with Crippen LogP contribution in [0.15, 0.2) is 42.5 Å². The van der Waals surface area contributed by atoms with Gasteiger partial charge in [0.2, 0.25) is 5.91 Å². The first kappa shape index (κ1) is 21.0.